The molecule has 0 saturated heterocycles. The van der Waals surface area contributed by atoms with Crippen LogP contribution in [-0.2, 0) is 21.4 Å². The van der Waals surface area contributed by atoms with Crippen LogP contribution < -0.4 is 10.9 Å². The van der Waals surface area contributed by atoms with Crippen LogP contribution >= 0.6 is 0 Å². The third-order valence-corrected chi connectivity index (χ3v) is 8.19. The first-order valence-corrected chi connectivity index (χ1v) is 12.7. The second-order valence-corrected chi connectivity index (χ2v) is 10.5. The topological polar surface area (TPSA) is 139 Å². The number of hydrogen-bond acceptors (Lipinski definition) is 6. The Labute approximate surface area is 202 Å². The third-order valence-electron chi connectivity index (χ3n) is 6.27. The number of hydrogen-bond donors (Lipinski definition) is 2. The minimum Gasteiger partial charge on any atom is -0.476 e. The van der Waals surface area contributed by atoms with Gasteiger partial charge in [-0.1, -0.05) is 37.5 Å². The minimum atomic E-state index is -3.66. The van der Waals surface area contributed by atoms with E-state index in [2.05, 4.69) is 10.4 Å². The van der Waals surface area contributed by atoms with Crippen LogP contribution in [0, 0.1) is 0 Å². The summed E-state index contributed by atoms with van der Waals surface area (Å²) in [5.74, 6) is -1.92. The molecule has 1 amide bonds. The quantitative estimate of drug-likeness (QED) is 0.511. The number of fused-ring (bicyclic) bond motifs is 1. The van der Waals surface area contributed by atoms with Crippen molar-refractivity contribution in [1.82, 2.24) is 14.1 Å². The fourth-order valence-electron chi connectivity index (χ4n) is 4.35. The summed E-state index contributed by atoms with van der Waals surface area (Å²) in [5.41, 5.74) is -0.584. The Kier molecular flexibility index (Phi) is 6.99. The maximum absolute atomic E-state index is 13.0. The molecule has 0 bridgehead atoms. The summed E-state index contributed by atoms with van der Waals surface area (Å²) < 4.78 is 28.2. The maximum atomic E-state index is 13.0. The van der Waals surface area contributed by atoms with Crippen molar-refractivity contribution in [3.05, 3.63) is 64.6 Å². The highest BCUT2D eigenvalue weighted by Crippen LogP contribution is 2.27. The normalized spacial score (nSPS) is 14.8. The lowest BCUT2D eigenvalue weighted by molar-refractivity contribution is -0.117. The molecule has 10 nitrogen and oxygen atoms in total. The molecule has 2 aromatic carbocycles. The Bertz CT molecular complexity index is 1430. The monoisotopic (exact) mass is 498 g/mol. The summed E-state index contributed by atoms with van der Waals surface area (Å²) >= 11 is 0. The van der Waals surface area contributed by atoms with E-state index in [0.29, 0.717) is 5.69 Å². The summed E-state index contributed by atoms with van der Waals surface area (Å²) in [4.78, 5) is 37.0. The van der Waals surface area contributed by atoms with Gasteiger partial charge in [0.15, 0.2) is 5.69 Å². The minimum absolute atomic E-state index is 0.0170. The average molecular weight is 499 g/mol. The van der Waals surface area contributed by atoms with Gasteiger partial charge in [-0.3, -0.25) is 9.59 Å². The van der Waals surface area contributed by atoms with E-state index in [-0.39, 0.29) is 27.4 Å². The van der Waals surface area contributed by atoms with Crippen LogP contribution in [-0.4, -0.2) is 52.6 Å². The number of amides is 1. The van der Waals surface area contributed by atoms with Crippen molar-refractivity contribution in [3.63, 3.8) is 0 Å². The molecule has 4 rings (SSSR count). The second kappa shape index (κ2) is 9.96. The predicted octanol–water partition coefficient (Wildman–Crippen LogP) is 2.69. The molecule has 0 aliphatic heterocycles. The largest absolute Gasteiger partial charge is 0.476 e. The van der Waals surface area contributed by atoms with Crippen molar-refractivity contribution in [2.24, 2.45) is 0 Å². The van der Waals surface area contributed by atoms with Crippen LogP contribution in [0.25, 0.3) is 10.8 Å². The number of anilines is 1. The number of benzene rings is 2. The molecule has 3 aromatic rings. The Balaban J connectivity index is 1.49. The lowest BCUT2D eigenvalue weighted by atomic mass is 9.96. The van der Waals surface area contributed by atoms with Crippen LogP contribution in [0.5, 0.6) is 0 Å². The highest BCUT2D eigenvalue weighted by Gasteiger charge is 2.29. The number of aromatic carboxylic acids is 1. The molecule has 1 heterocycles. The van der Waals surface area contributed by atoms with Gasteiger partial charge in [0.25, 0.3) is 5.56 Å². The second-order valence-electron chi connectivity index (χ2n) is 8.55. The molecule has 1 aromatic heterocycles. The summed E-state index contributed by atoms with van der Waals surface area (Å²) in [6, 6.07) is 11.9. The van der Waals surface area contributed by atoms with Crippen molar-refractivity contribution in [3.8, 4) is 0 Å². The number of nitrogens with zero attached hydrogens (tertiary/aromatic N) is 3. The fourth-order valence-corrected chi connectivity index (χ4v) is 5.77. The van der Waals surface area contributed by atoms with Gasteiger partial charge in [0.05, 0.1) is 10.3 Å². The molecular formula is C24H26N4O6S. The number of carbonyl (C=O) groups is 2. The number of sulfonamides is 1. The molecule has 1 fully saturated rings. The molecule has 2 N–H and O–H groups in total. The Morgan fingerprint density at radius 3 is 2.31 bits per heavy atom. The number of carboxylic acid groups (broad SMARTS) is 1. The zero-order chi connectivity index (χ0) is 25.2. The molecule has 0 radical (unpaired) electrons. The van der Waals surface area contributed by atoms with Crippen LogP contribution in [0.4, 0.5) is 5.69 Å². The lowest BCUT2D eigenvalue weighted by Crippen LogP contribution is -2.38. The van der Waals surface area contributed by atoms with E-state index in [0.717, 1.165) is 36.8 Å². The lowest BCUT2D eigenvalue weighted by Gasteiger charge is -2.30. The van der Waals surface area contributed by atoms with E-state index in [1.165, 1.54) is 40.7 Å². The van der Waals surface area contributed by atoms with Gasteiger partial charge < -0.3 is 10.4 Å². The molecule has 184 valence electrons. The Morgan fingerprint density at radius 2 is 1.69 bits per heavy atom. The smallest absolute Gasteiger partial charge is 0.357 e. The first-order chi connectivity index (χ1) is 16.7. The van der Waals surface area contributed by atoms with Crippen molar-refractivity contribution in [2.45, 2.75) is 49.6 Å². The summed E-state index contributed by atoms with van der Waals surface area (Å²) in [6.07, 6.45) is 4.83. The van der Waals surface area contributed by atoms with Gasteiger partial charge in [0, 0.05) is 24.2 Å². The average Bonchev–Trinajstić information content (AvgIpc) is 2.86. The number of aromatic nitrogens is 2. The van der Waals surface area contributed by atoms with Gasteiger partial charge in [0.2, 0.25) is 15.9 Å². The third kappa shape index (κ3) is 5.10. The van der Waals surface area contributed by atoms with E-state index >= 15 is 0 Å². The van der Waals surface area contributed by atoms with Crippen molar-refractivity contribution in [2.75, 3.05) is 12.4 Å². The Hall–Kier alpha value is -3.57. The highest BCUT2D eigenvalue weighted by molar-refractivity contribution is 7.89. The summed E-state index contributed by atoms with van der Waals surface area (Å²) in [7, 11) is -2.06. The molecule has 0 atom stereocenters. The van der Waals surface area contributed by atoms with E-state index < -0.39 is 34.0 Å². The van der Waals surface area contributed by atoms with Crippen molar-refractivity contribution < 1.29 is 23.1 Å². The zero-order valence-electron chi connectivity index (χ0n) is 19.2. The SMILES string of the molecule is CN(C1CCCCC1)S(=O)(=O)c1ccc(NC(=O)Cn2nc(C(=O)O)c3ccccc3c2=O)cc1. The number of nitrogens with one attached hydrogen (secondary N) is 1. The summed E-state index contributed by atoms with van der Waals surface area (Å²) in [5, 5.41) is 16.2. The predicted molar refractivity (Wildman–Crippen MR) is 130 cm³/mol. The van der Waals surface area contributed by atoms with Crippen LogP contribution in [0.15, 0.2) is 58.2 Å². The van der Waals surface area contributed by atoms with Gasteiger partial charge in [-0.15, -0.1) is 0 Å². The first kappa shape index (κ1) is 24.6. The Morgan fingerprint density at radius 1 is 1.06 bits per heavy atom. The van der Waals surface area contributed by atoms with E-state index in [1.54, 1.807) is 19.2 Å². The van der Waals surface area contributed by atoms with Crippen LogP contribution in [0.1, 0.15) is 42.6 Å². The fraction of sp³-hybridized carbons (Fsp3) is 0.333. The van der Waals surface area contributed by atoms with Crippen LogP contribution in [0.3, 0.4) is 0 Å². The van der Waals surface area contributed by atoms with E-state index in [9.17, 15) is 27.9 Å². The van der Waals surface area contributed by atoms with E-state index in [4.69, 9.17) is 0 Å². The molecular weight excluding hydrogens is 472 g/mol. The first-order valence-electron chi connectivity index (χ1n) is 11.3. The zero-order valence-corrected chi connectivity index (χ0v) is 20.0. The number of rotatable bonds is 7. The number of carboxylic acids is 1. The van der Waals surface area contributed by atoms with Crippen LogP contribution in [0.2, 0.25) is 0 Å². The molecule has 0 unspecified atom stereocenters. The van der Waals surface area contributed by atoms with Gasteiger partial charge >= 0.3 is 5.97 Å². The van der Waals surface area contributed by atoms with Gasteiger partial charge in [-0.2, -0.15) is 9.40 Å². The molecule has 11 heteroatoms. The van der Waals surface area contributed by atoms with Crippen molar-refractivity contribution >= 4 is 38.4 Å². The number of carbonyl (C=O) groups excluding carboxylic acids is 1. The van der Waals surface area contributed by atoms with E-state index in [1.807, 2.05) is 0 Å². The molecule has 1 aliphatic carbocycles. The van der Waals surface area contributed by atoms with Crippen molar-refractivity contribution in [1.29, 1.82) is 0 Å². The van der Waals surface area contributed by atoms with Gasteiger partial charge in [-0.25, -0.2) is 17.9 Å². The van der Waals surface area contributed by atoms with Gasteiger partial charge in [-0.05, 0) is 43.2 Å². The molecule has 1 aliphatic rings. The summed E-state index contributed by atoms with van der Waals surface area (Å²) in [6.45, 7) is -0.506. The molecule has 1 saturated carbocycles. The molecule has 0 spiro atoms. The van der Waals surface area contributed by atoms with Gasteiger partial charge in [0.1, 0.15) is 6.54 Å². The molecule has 35 heavy (non-hydrogen) atoms. The maximum Gasteiger partial charge on any atom is 0.357 e. The standard InChI is InChI=1S/C24H26N4O6S/c1-27(17-7-3-2-4-8-17)35(33,34)18-13-11-16(12-14-18)25-21(29)15-28-23(30)20-10-6-5-9-19(20)22(26-28)24(31)32/h5-6,9-14,17H,2-4,7-8,15H2,1H3,(H,25,29)(H,31,32). The highest BCUT2D eigenvalue weighted by atomic mass is 32.2.